The first kappa shape index (κ1) is 23.4. The highest BCUT2D eigenvalue weighted by Gasteiger charge is 2.49. The fourth-order valence-electron chi connectivity index (χ4n) is 3.83. The number of rotatable bonds is 9. The molecule has 0 radical (unpaired) electrons. The minimum atomic E-state index is -1.54. The Morgan fingerprint density at radius 3 is 2.54 bits per heavy atom. The number of carbonyl (C=O) groups is 1. The summed E-state index contributed by atoms with van der Waals surface area (Å²) in [5, 5.41) is 46.4. The lowest BCUT2D eigenvalue weighted by molar-refractivity contribution is -0.285. The Hall–Kier alpha value is -0.890. The highest BCUT2D eigenvalue weighted by atomic mass is 16.7. The van der Waals surface area contributed by atoms with Gasteiger partial charge < -0.3 is 52.0 Å². The summed E-state index contributed by atoms with van der Waals surface area (Å²) < 4.78 is 11.2. The summed E-state index contributed by atoms with van der Waals surface area (Å²) in [5.41, 5.74) is 8.43. The Balaban J connectivity index is 2.04. The summed E-state index contributed by atoms with van der Waals surface area (Å²) in [6, 6.07) is -1.66. The molecule has 0 spiro atoms. The van der Waals surface area contributed by atoms with Gasteiger partial charge in [0.05, 0.1) is 25.3 Å². The molecule has 1 saturated heterocycles. The van der Waals surface area contributed by atoms with E-state index in [-0.39, 0.29) is 38.5 Å². The molecular formula is C17H34N4O7. The number of hydrogen-bond donors (Lipinski definition) is 8. The molecule has 1 heterocycles. The summed E-state index contributed by atoms with van der Waals surface area (Å²) in [5.74, 6) is -0.601. The van der Waals surface area contributed by atoms with E-state index in [1.54, 1.807) is 7.05 Å². The molecule has 11 nitrogen and oxygen atoms in total. The largest absolute Gasteiger partial charge is 0.394 e. The van der Waals surface area contributed by atoms with Crippen LogP contribution >= 0.6 is 0 Å². The third kappa shape index (κ3) is 4.99. The number of amides is 1. The van der Waals surface area contributed by atoms with Gasteiger partial charge in [-0.05, 0) is 26.9 Å². The fraction of sp³-hybridized carbons (Fsp3) is 0.941. The lowest BCUT2D eigenvalue weighted by Gasteiger charge is -2.45. The third-order valence-corrected chi connectivity index (χ3v) is 5.50. The van der Waals surface area contributed by atoms with Gasteiger partial charge in [-0.25, -0.2) is 0 Å². The molecule has 1 amide bonds. The first-order valence-electron chi connectivity index (χ1n) is 9.52. The van der Waals surface area contributed by atoms with Crippen LogP contribution in [-0.2, 0) is 14.3 Å². The van der Waals surface area contributed by atoms with Crippen molar-refractivity contribution in [1.29, 1.82) is 0 Å². The molecule has 2 aliphatic rings. The second-order valence-corrected chi connectivity index (χ2v) is 8.01. The summed E-state index contributed by atoms with van der Waals surface area (Å²) in [6.07, 6.45) is -2.71. The minimum absolute atomic E-state index is 0.0933. The summed E-state index contributed by atoms with van der Waals surface area (Å²) in [7, 11) is 1.59. The van der Waals surface area contributed by atoms with E-state index in [0.29, 0.717) is 0 Å². The quantitative estimate of drug-likeness (QED) is 0.188. The number of nitrogens with two attached hydrogens (primary N) is 2. The molecule has 0 unspecified atom stereocenters. The summed E-state index contributed by atoms with van der Waals surface area (Å²) >= 11 is 0. The maximum absolute atomic E-state index is 12.4. The van der Waals surface area contributed by atoms with E-state index >= 15 is 0 Å². The molecule has 11 heteroatoms. The maximum Gasteiger partial charge on any atom is 0.252 e. The Labute approximate surface area is 164 Å². The van der Waals surface area contributed by atoms with Crippen LogP contribution in [0.4, 0.5) is 0 Å². The Kier molecular flexibility index (Phi) is 7.76. The third-order valence-electron chi connectivity index (χ3n) is 5.50. The first-order valence-corrected chi connectivity index (χ1v) is 9.52. The average Bonchev–Trinajstić information content (AvgIpc) is 2.59. The van der Waals surface area contributed by atoms with Gasteiger partial charge in [0.25, 0.3) is 5.91 Å². The van der Waals surface area contributed by atoms with Crippen molar-refractivity contribution in [2.24, 2.45) is 11.5 Å². The fourth-order valence-corrected chi connectivity index (χ4v) is 3.83. The normalized spacial score (nSPS) is 40.4. The lowest BCUT2D eigenvalue weighted by atomic mass is 9.75. The molecule has 0 aromatic carbocycles. The van der Waals surface area contributed by atoms with Crippen molar-refractivity contribution < 1.29 is 34.7 Å². The molecule has 2 rings (SSSR count). The number of ether oxygens (including phenoxy) is 2. The molecule has 164 valence electrons. The molecule has 0 aromatic rings. The number of nitrogens with one attached hydrogen (secondary N) is 2. The van der Waals surface area contributed by atoms with Gasteiger partial charge in [0, 0.05) is 18.9 Å². The molecule has 1 aliphatic heterocycles. The number of carbonyl (C=O) groups excluding carboxylic acids is 1. The van der Waals surface area contributed by atoms with E-state index in [0.717, 1.165) is 0 Å². The zero-order valence-corrected chi connectivity index (χ0v) is 16.4. The molecule has 1 saturated carbocycles. The van der Waals surface area contributed by atoms with E-state index < -0.39 is 54.3 Å². The lowest BCUT2D eigenvalue weighted by Crippen LogP contribution is -2.66. The molecule has 0 aromatic heterocycles. The van der Waals surface area contributed by atoms with Gasteiger partial charge in [0.2, 0.25) is 0 Å². The number of hydrogen-bond acceptors (Lipinski definition) is 10. The number of aliphatic hydroxyl groups excluding tert-OH is 2. The molecule has 0 bridgehead atoms. The van der Waals surface area contributed by atoms with Gasteiger partial charge in [-0.3, -0.25) is 4.79 Å². The number of likely N-dealkylation sites (N-methyl/N-ethyl adjacent to an activating group) is 1. The molecule has 10 N–H and O–H groups in total. The van der Waals surface area contributed by atoms with Gasteiger partial charge in [0.1, 0.15) is 23.4 Å². The van der Waals surface area contributed by atoms with E-state index in [1.807, 2.05) is 0 Å². The predicted octanol–water partition coefficient (Wildman–Crippen LogP) is -3.89. The average molecular weight is 406 g/mol. The van der Waals surface area contributed by atoms with Crippen molar-refractivity contribution in [2.45, 2.75) is 74.0 Å². The topological polar surface area (TPSA) is 193 Å². The first-order chi connectivity index (χ1) is 13.1. The van der Waals surface area contributed by atoms with E-state index in [2.05, 4.69) is 10.6 Å². The smallest absolute Gasteiger partial charge is 0.252 e. The highest BCUT2D eigenvalue weighted by molar-refractivity contribution is 5.86. The van der Waals surface area contributed by atoms with Crippen LogP contribution in [0.15, 0.2) is 0 Å². The molecular weight excluding hydrogens is 372 g/mol. The van der Waals surface area contributed by atoms with Crippen LogP contribution in [0.5, 0.6) is 0 Å². The van der Waals surface area contributed by atoms with Crippen molar-refractivity contribution in [3.05, 3.63) is 0 Å². The van der Waals surface area contributed by atoms with Crippen molar-refractivity contribution >= 4 is 5.91 Å². The van der Waals surface area contributed by atoms with Crippen molar-refractivity contribution in [3.8, 4) is 0 Å². The van der Waals surface area contributed by atoms with Crippen LogP contribution in [0.2, 0.25) is 0 Å². The molecule has 2 fully saturated rings. The predicted molar refractivity (Wildman–Crippen MR) is 98.9 cm³/mol. The second-order valence-electron chi connectivity index (χ2n) is 8.01. The van der Waals surface area contributed by atoms with Crippen LogP contribution < -0.4 is 22.1 Å². The zero-order chi connectivity index (χ0) is 21.1. The minimum Gasteiger partial charge on any atom is -0.394 e. The van der Waals surface area contributed by atoms with Crippen molar-refractivity contribution in [2.75, 3.05) is 26.8 Å². The van der Waals surface area contributed by atoms with E-state index in [9.17, 15) is 25.2 Å². The Morgan fingerprint density at radius 2 is 2.04 bits per heavy atom. The monoisotopic (exact) mass is 406 g/mol. The van der Waals surface area contributed by atoms with Crippen LogP contribution in [0.3, 0.4) is 0 Å². The van der Waals surface area contributed by atoms with Crippen molar-refractivity contribution in [1.82, 2.24) is 10.6 Å². The molecule has 1 aliphatic carbocycles. The second kappa shape index (κ2) is 9.28. The van der Waals surface area contributed by atoms with Gasteiger partial charge in [-0.15, -0.1) is 0 Å². The standard InChI is InChI=1S/C17H34N4O7/c1-16(25)8-27-14(12(23)13(16)20-2)28-11(7-22)10(3-4-18)21-15(24)17(26)5-9(19)6-17/h9-14,20,22-23,25-26H,3-8,18-19H2,1-2H3,(H,21,24)/t9?,10-,11-,12-,13-,14-,16+,17?/m1/s1. The summed E-state index contributed by atoms with van der Waals surface area (Å²) in [4.78, 5) is 12.4. The summed E-state index contributed by atoms with van der Waals surface area (Å²) in [6.45, 7) is 1.16. The Bertz CT molecular complexity index is 530. The van der Waals surface area contributed by atoms with E-state index in [1.165, 1.54) is 6.92 Å². The van der Waals surface area contributed by atoms with Gasteiger partial charge in [-0.1, -0.05) is 0 Å². The molecule has 6 atom stereocenters. The van der Waals surface area contributed by atoms with Crippen LogP contribution in [0, 0.1) is 0 Å². The molecule has 28 heavy (non-hydrogen) atoms. The van der Waals surface area contributed by atoms with Crippen LogP contribution in [0.25, 0.3) is 0 Å². The van der Waals surface area contributed by atoms with Crippen molar-refractivity contribution in [3.63, 3.8) is 0 Å². The van der Waals surface area contributed by atoms with Gasteiger partial charge in [-0.2, -0.15) is 0 Å². The van der Waals surface area contributed by atoms with Crippen LogP contribution in [0.1, 0.15) is 26.2 Å². The van der Waals surface area contributed by atoms with Gasteiger partial charge >= 0.3 is 0 Å². The number of aliphatic hydroxyl groups is 4. The van der Waals surface area contributed by atoms with E-state index in [4.69, 9.17) is 20.9 Å². The van der Waals surface area contributed by atoms with Crippen LogP contribution in [-0.4, -0.2) is 101 Å². The Morgan fingerprint density at radius 1 is 1.39 bits per heavy atom. The van der Waals surface area contributed by atoms with Gasteiger partial charge in [0.15, 0.2) is 6.29 Å². The highest BCUT2D eigenvalue weighted by Crippen LogP contribution is 2.31. The maximum atomic E-state index is 12.4. The SMILES string of the molecule is CN[C@@H]1[C@@H](O)[C@@H](O[C@H](CO)[C@@H](CCN)NC(=O)C2(O)CC(N)C2)OC[C@]1(C)O. The zero-order valence-electron chi connectivity index (χ0n) is 16.4.